The minimum atomic E-state index is 0.0982. The van der Waals surface area contributed by atoms with Crippen LogP contribution in [-0.2, 0) is 6.42 Å². The van der Waals surface area contributed by atoms with E-state index in [-0.39, 0.29) is 6.61 Å². The lowest BCUT2D eigenvalue weighted by Crippen LogP contribution is -2.04. The highest BCUT2D eigenvalue weighted by molar-refractivity contribution is 7.99. The number of imidazole rings is 1. The third-order valence-corrected chi connectivity index (χ3v) is 3.33. The van der Waals surface area contributed by atoms with Gasteiger partial charge in [-0.05, 0) is 12.5 Å². The van der Waals surface area contributed by atoms with Gasteiger partial charge in [0.2, 0.25) is 5.16 Å². The van der Waals surface area contributed by atoms with Crippen LogP contribution in [-0.4, -0.2) is 43.8 Å². The van der Waals surface area contributed by atoms with Crippen LogP contribution in [0.1, 0.15) is 5.69 Å². The van der Waals surface area contributed by atoms with Crippen molar-refractivity contribution in [2.75, 3.05) is 19.1 Å². The lowest BCUT2D eigenvalue weighted by Gasteiger charge is -2.03. The molecule has 0 fully saturated rings. The van der Waals surface area contributed by atoms with Crippen LogP contribution < -0.4 is 0 Å². The molecule has 0 amide bonds. The van der Waals surface area contributed by atoms with Gasteiger partial charge in [-0.1, -0.05) is 11.8 Å². The first-order chi connectivity index (χ1) is 7.80. The maximum atomic E-state index is 8.96. The van der Waals surface area contributed by atoms with Crippen LogP contribution in [0.3, 0.4) is 0 Å². The van der Waals surface area contributed by atoms with Gasteiger partial charge in [-0.15, -0.1) is 16.9 Å². The Kier molecular flexibility index (Phi) is 3.67. The first kappa shape index (κ1) is 11.7. The van der Waals surface area contributed by atoms with Gasteiger partial charge in [0.15, 0.2) is 5.65 Å². The monoisotopic (exact) mass is 256 g/mol. The number of aliphatic hydroxyl groups is 1. The molecule has 0 spiro atoms. The third-order valence-electron chi connectivity index (χ3n) is 2.13. The summed E-state index contributed by atoms with van der Waals surface area (Å²) in [6.45, 7) is 0.0982. The van der Waals surface area contributed by atoms with E-state index < -0.39 is 0 Å². The second-order valence-corrected chi connectivity index (χ2v) is 4.63. The minimum absolute atomic E-state index is 0.0982. The zero-order chi connectivity index (χ0) is 11.5. The van der Waals surface area contributed by atoms with E-state index in [1.165, 1.54) is 11.8 Å². The topological polar surface area (TPSA) is 63.3 Å². The van der Waals surface area contributed by atoms with E-state index in [4.69, 9.17) is 5.11 Å². The summed E-state index contributed by atoms with van der Waals surface area (Å²) in [6.07, 6.45) is 6.20. The fourth-order valence-corrected chi connectivity index (χ4v) is 2.29. The molecule has 2 rings (SSSR count). The zero-order valence-corrected chi connectivity index (χ0v) is 10.7. The van der Waals surface area contributed by atoms with Gasteiger partial charge in [0, 0.05) is 13.0 Å². The summed E-state index contributed by atoms with van der Waals surface area (Å²) >= 11 is 3.05. The lowest BCUT2D eigenvalue weighted by atomic mass is 10.3. The van der Waals surface area contributed by atoms with E-state index in [2.05, 4.69) is 15.1 Å². The van der Waals surface area contributed by atoms with Gasteiger partial charge in [-0.2, -0.15) is 0 Å². The largest absolute Gasteiger partial charge is 0.396 e. The highest BCUT2D eigenvalue weighted by Gasteiger charge is 2.11. The molecule has 5 nitrogen and oxygen atoms in total. The van der Waals surface area contributed by atoms with Gasteiger partial charge in [0.05, 0.1) is 11.9 Å². The number of nitrogens with zero attached hydrogens (tertiary/aromatic N) is 4. The Labute approximate surface area is 102 Å². The number of fused-ring (bicyclic) bond motifs is 1. The van der Waals surface area contributed by atoms with Crippen molar-refractivity contribution in [3.63, 3.8) is 0 Å². The van der Waals surface area contributed by atoms with Gasteiger partial charge < -0.3 is 5.11 Å². The van der Waals surface area contributed by atoms with E-state index in [9.17, 15) is 0 Å². The van der Waals surface area contributed by atoms with Crippen molar-refractivity contribution in [1.29, 1.82) is 0 Å². The Hall–Kier alpha value is -0.790. The fourth-order valence-electron chi connectivity index (χ4n) is 1.39. The highest BCUT2D eigenvalue weighted by atomic mass is 32.2. The Morgan fingerprint density at radius 3 is 2.81 bits per heavy atom. The number of hydrogen-bond acceptors (Lipinski definition) is 6. The molecule has 7 heteroatoms. The summed E-state index contributed by atoms with van der Waals surface area (Å²) in [5.74, 6) is 0. The molecule has 0 aliphatic carbocycles. The Morgan fingerprint density at radius 1 is 1.38 bits per heavy atom. The van der Waals surface area contributed by atoms with Crippen molar-refractivity contribution in [2.24, 2.45) is 0 Å². The van der Waals surface area contributed by atoms with Crippen LogP contribution in [0, 0.1) is 0 Å². The normalized spacial score (nSPS) is 11.2. The van der Waals surface area contributed by atoms with Crippen molar-refractivity contribution in [2.45, 2.75) is 16.6 Å². The summed E-state index contributed by atoms with van der Waals surface area (Å²) in [5, 5.41) is 14.9. The molecule has 86 valence electrons. The second kappa shape index (κ2) is 5.03. The van der Waals surface area contributed by atoms with E-state index in [0.29, 0.717) is 11.6 Å². The molecule has 0 aromatic carbocycles. The van der Waals surface area contributed by atoms with Crippen LogP contribution >= 0.6 is 23.5 Å². The van der Waals surface area contributed by atoms with Crippen molar-refractivity contribution in [1.82, 2.24) is 19.6 Å². The number of aliphatic hydroxyl groups excluding tert-OH is 1. The maximum Gasteiger partial charge on any atom is 0.208 e. The first-order valence-corrected chi connectivity index (χ1v) is 7.18. The number of aromatic nitrogens is 4. The van der Waals surface area contributed by atoms with Crippen LogP contribution in [0.4, 0.5) is 0 Å². The number of thioether (sulfide) groups is 2. The second-order valence-electron chi connectivity index (χ2n) is 3.07. The van der Waals surface area contributed by atoms with E-state index >= 15 is 0 Å². The summed E-state index contributed by atoms with van der Waals surface area (Å²) < 4.78 is 1.76. The molecule has 0 aliphatic rings. The van der Waals surface area contributed by atoms with Crippen molar-refractivity contribution in [3.05, 3.63) is 11.9 Å². The standard InChI is InChI=1S/C9H12N4OS2/c1-15-8-7-10-5-6(3-4-14)13(7)12-9(11-8)16-2/h5,14H,3-4H2,1-2H3. The van der Waals surface area contributed by atoms with Crippen LogP contribution in [0.25, 0.3) is 5.65 Å². The molecule has 2 heterocycles. The van der Waals surface area contributed by atoms with E-state index in [1.807, 2.05) is 12.5 Å². The molecule has 1 N–H and O–H groups in total. The molecule has 16 heavy (non-hydrogen) atoms. The predicted octanol–water partition coefficient (Wildman–Crippen LogP) is 1.10. The van der Waals surface area contributed by atoms with Crippen molar-refractivity contribution in [3.8, 4) is 0 Å². The molecule has 2 aromatic rings. The number of rotatable bonds is 4. The smallest absolute Gasteiger partial charge is 0.208 e. The van der Waals surface area contributed by atoms with E-state index in [0.717, 1.165) is 16.4 Å². The van der Waals surface area contributed by atoms with E-state index in [1.54, 1.807) is 22.5 Å². The molecule has 0 unspecified atom stereocenters. The molecule has 0 atom stereocenters. The fraction of sp³-hybridized carbons (Fsp3) is 0.444. The molecule has 0 saturated heterocycles. The first-order valence-electron chi connectivity index (χ1n) is 4.73. The molecule has 0 radical (unpaired) electrons. The van der Waals surface area contributed by atoms with Crippen LogP contribution in [0.5, 0.6) is 0 Å². The van der Waals surface area contributed by atoms with Gasteiger partial charge in [0.25, 0.3) is 0 Å². The molecule has 0 bridgehead atoms. The molecular formula is C9H12N4OS2. The number of hydrogen-bond donors (Lipinski definition) is 1. The Bertz CT molecular complexity index is 499. The average molecular weight is 256 g/mol. The quantitative estimate of drug-likeness (QED) is 0.827. The van der Waals surface area contributed by atoms with Gasteiger partial charge >= 0.3 is 0 Å². The minimum Gasteiger partial charge on any atom is -0.396 e. The Balaban J connectivity index is 2.62. The zero-order valence-electron chi connectivity index (χ0n) is 9.04. The third kappa shape index (κ3) is 2.02. The Morgan fingerprint density at radius 2 is 2.19 bits per heavy atom. The van der Waals surface area contributed by atoms with Gasteiger partial charge in [-0.25, -0.2) is 14.5 Å². The molecular weight excluding hydrogens is 244 g/mol. The molecule has 0 aliphatic heterocycles. The van der Waals surface area contributed by atoms with Crippen LogP contribution in [0.2, 0.25) is 0 Å². The lowest BCUT2D eigenvalue weighted by molar-refractivity contribution is 0.297. The van der Waals surface area contributed by atoms with Gasteiger partial charge in [-0.3, -0.25) is 0 Å². The van der Waals surface area contributed by atoms with Crippen molar-refractivity contribution >= 4 is 29.2 Å². The summed E-state index contributed by atoms with van der Waals surface area (Å²) in [5.41, 5.74) is 1.67. The summed E-state index contributed by atoms with van der Waals surface area (Å²) in [7, 11) is 0. The highest BCUT2D eigenvalue weighted by Crippen LogP contribution is 2.21. The van der Waals surface area contributed by atoms with Crippen LogP contribution in [0.15, 0.2) is 16.4 Å². The summed E-state index contributed by atoms with van der Waals surface area (Å²) in [4.78, 5) is 8.66. The van der Waals surface area contributed by atoms with Gasteiger partial charge in [0.1, 0.15) is 5.03 Å². The van der Waals surface area contributed by atoms with Crippen molar-refractivity contribution < 1.29 is 5.11 Å². The summed E-state index contributed by atoms with van der Waals surface area (Å²) in [6, 6.07) is 0. The SMILES string of the molecule is CSc1nc(SC)c2ncc(CCO)n2n1. The maximum absolute atomic E-state index is 8.96. The molecule has 2 aromatic heterocycles. The predicted molar refractivity (Wildman–Crippen MR) is 65.1 cm³/mol. The average Bonchev–Trinajstić information content (AvgIpc) is 2.72. The molecule has 0 saturated carbocycles.